The Hall–Kier alpha value is -3.56. The number of carboxylic acid groups (broad SMARTS) is 1. The van der Waals surface area contributed by atoms with E-state index in [1.807, 2.05) is 111 Å². The van der Waals surface area contributed by atoms with Gasteiger partial charge in [0.1, 0.15) is 11.3 Å². The van der Waals surface area contributed by atoms with Gasteiger partial charge in [-0.2, -0.15) is 0 Å². The minimum Gasteiger partial charge on any atom is -0.507 e. The highest BCUT2D eigenvalue weighted by atomic mass is 35.5. The molecule has 34 heavy (non-hydrogen) atoms. The molecule has 4 aromatic rings. The molecule has 4 rings (SSSR count). The van der Waals surface area contributed by atoms with E-state index in [0.29, 0.717) is 11.4 Å². The SMILES string of the molecule is CC(c1ccccc1)c1cc(C(=O)O)c(O)c(C(C)c2ccccc2)c1.ClCc1ccccc1. The summed E-state index contributed by atoms with van der Waals surface area (Å²) in [6.45, 7) is 4.03. The van der Waals surface area contributed by atoms with Crippen molar-refractivity contribution in [2.24, 2.45) is 0 Å². The number of aromatic carboxylic acids is 1. The predicted molar refractivity (Wildman–Crippen MR) is 139 cm³/mol. The standard InChI is InChI=1S/C23H22O3.C7H7Cl/c1-15(17-9-5-3-6-10-17)19-13-20(22(24)21(14-19)23(25)26)16(2)18-11-7-4-8-12-18;8-6-7-4-2-1-3-5-7/h3-16,24H,1-2H3,(H,25,26);1-5H,6H2. The van der Waals surface area contributed by atoms with Crippen molar-refractivity contribution in [2.75, 3.05) is 0 Å². The quantitative estimate of drug-likeness (QED) is 0.281. The molecule has 174 valence electrons. The molecule has 2 unspecified atom stereocenters. The number of phenols is 1. The highest BCUT2D eigenvalue weighted by Gasteiger charge is 2.22. The van der Waals surface area contributed by atoms with Crippen LogP contribution in [0.2, 0.25) is 0 Å². The average Bonchev–Trinajstić information content (AvgIpc) is 2.89. The minimum absolute atomic E-state index is 0.0247. The minimum atomic E-state index is -1.12. The maximum absolute atomic E-state index is 11.7. The number of hydrogen-bond donors (Lipinski definition) is 2. The molecule has 0 aliphatic heterocycles. The normalized spacial score (nSPS) is 12.2. The smallest absolute Gasteiger partial charge is 0.339 e. The molecule has 0 saturated carbocycles. The Bertz CT molecular complexity index is 1190. The molecule has 0 radical (unpaired) electrons. The third kappa shape index (κ3) is 6.27. The number of rotatable bonds is 6. The number of aromatic hydroxyl groups is 1. The molecule has 0 aliphatic rings. The first-order valence-corrected chi connectivity index (χ1v) is 11.8. The topological polar surface area (TPSA) is 57.5 Å². The molecule has 2 atom stereocenters. The van der Waals surface area contributed by atoms with Crippen LogP contribution < -0.4 is 0 Å². The zero-order valence-electron chi connectivity index (χ0n) is 19.4. The van der Waals surface area contributed by atoms with E-state index in [1.165, 1.54) is 5.56 Å². The molecule has 0 bridgehead atoms. The van der Waals surface area contributed by atoms with Crippen molar-refractivity contribution in [3.63, 3.8) is 0 Å². The summed E-state index contributed by atoms with van der Waals surface area (Å²) >= 11 is 5.53. The first-order chi connectivity index (χ1) is 16.4. The van der Waals surface area contributed by atoms with E-state index in [4.69, 9.17) is 11.6 Å². The highest BCUT2D eigenvalue weighted by molar-refractivity contribution is 6.17. The maximum Gasteiger partial charge on any atom is 0.339 e. The Kier molecular flexibility index (Phi) is 8.89. The molecule has 0 heterocycles. The number of benzene rings is 4. The maximum atomic E-state index is 11.7. The summed E-state index contributed by atoms with van der Waals surface area (Å²) in [5, 5.41) is 20.1. The first-order valence-electron chi connectivity index (χ1n) is 11.2. The fraction of sp³-hybridized carbons (Fsp3) is 0.167. The summed E-state index contributed by atoms with van der Waals surface area (Å²) in [6.07, 6.45) is 0. The predicted octanol–water partition coefficient (Wildman–Crippen LogP) is 7.82. The Morgan fingerprint density at radius 2 is 1.21 bits per heavy atom. The van der Waals surface area contributed by atoms with Crippen LogP contribution in [-0.2, 0) is 5.88 Å². The van der Waals surface area contributed by atoms with Crippen LogP contribution in [0, 0.1) is 0 Å². The molecule has 0 aromatic heterocycles. The molecule has 4 heteroatoms. The van der Waals surface area contributed by atoms with Crippen LogP contribution in [0.5, 0.6) is 5.75 Å². The van der Waals surface area contributed by atoms with E-state index in [2.05, 4.69) is 0 Å². The highest BCUT2D eigenvalue weighted by Crippen LogP contribution is 2.37. The van der Waals surface area contributed by atoms with Gasteiger partial charge in [-0.1, -0.05) is 111 Å². The van der Waals surface area contributed by atoms with Crippen molar-refractivity contribution >= 4 is 17.6 Å². The van der Waals surface area contributed by atoms with E-state index in [1.54, 1.807) is 6.07 Å². The van der Waals surface area contributed by atoms with Gasteiger partial charge in [0.15, 0.2) is 0 Å². The van der Waals surface area contributed by atoms with Crippen LogP contribution >= 0.6 is 11.6 Å². The molecular weight excluding hydrogens is 444 g/mol. The molecule has 0 spiro atoms. The molecule has 2 N–H and O–H groups in total. The molecule has 0 amide bonds. The van der Waals surface area contributed by atoms with E-state index < -0.39 is 5.97 Å². The summed E-state index contributed by atoms with van der Waals surface area (Å²) in [4.78, 5) is 11.7. The molecule has 3 nitrogen and oxygen atoms in total. The Balaban J connectivity index is 0.000000343. The number of hydrogen-bond acceptors (Lipinski definition) is 2. The van der Waals surface area contributed by atoms with Crippen LogP contribution in [0.15, 0.2) is 103 Å². The van der Waals surface area contributed by atoms with Crippen LogP contribution in [-0.4, -0.2) is 16.2 Å². The molecule has 0 aliphatic carbocycles. The summed E-state index contributed by atoms with van der Waals surface area (Å²) < 4.78 is 0. The zero-order chi connectivity index (χ0) is 24.5. The van der Waals surface area contributed by atoms with Gasteiger partial charge in [0, 0.05) is 23.3 Å². The van der Waals surface area contributed by atoms with Crippen LogP contribution in [0.25, 0.3) is 0 Å². The summed E-state index contributed by atoms with van der Waals surface area (Å²) in [7, 11) is 0. The van der Waals surface area contributed by atoms with Crippen molar-refractivity contribution < 1.29 is 15.0 Å². The van der Waals surface area contributed by atoms with Crippen LogP contribution in [0.3, 0.4) is 0 Å². The third-order valence-electron chi connectivity index (χ3n) is 5.95. The second kappa shape index (κ2) is 12.1. The van der Waals surface area contributed by atoms with Gasteiger partial charge in [0.2, 0.25) is 0 Å². The lowest BCUT2D eigenvalue weighted by Gasteiger charge is -2.20. The van der Waals surface area contributed by atoms with Gasteiger partial charge in [-0.05, 0) is 28.3 Å². The van der Waals surface area contributed by atoms with Gasteiger partial charge in [-0.25, -0.2) is 4.79 Å². The third-order valence-corrected chi connectivity index (χ3v) is 6.26. The lowest BCUT2D eigenvalue weighted by molar-refractivity contribution is 0.0693. The van der Waals surface area contributed by atoms with Crippen LogP contribution in [0.4, 0.5) is 0 Å². The van der Waals surface area contributed by atoms with Gasteiger partial charge in [-0.3, -0.25) is 0 Å². The Morgan fingerprint density at radius 3 is 1.65 bits per heavy atom. The summed E-state index contributed by atoms with van der Waals surface area (Å²) in [5.74, 6) is -0.751. The van der Waals surface area contributed by atoms with Gasteiger partial charge < -0.3 is 10.2 Å². The number of carbonyl (C=O) groups is 1. The number of alkyl halides is 1. The molecular formula is C30H29ClO3. The summed E-state index contributed by atoms with van der Waals surface area (Å²) in [5.41, 5.74) is 4.77. The summed E-state index contributed by atoms with van der Waals surface area (Å²) in [6, 6.07) is 33.2. The van der Waals surface area contributed by atoms with E-state index in [0.717, 1.165) is 16.7 Å². The van der Waals surface area contributed by atoms with Gasteiger partial charge in [0.05, 0.1) is 0 Å². The van der Waals surface area contributed by atoms with Crippen molar-refractivity contribution in [3.8, 4) is 5.75 Å². The van der Waals surface area contributed by atoms with E-state index in [9.17, 15) is 15.0 Å². The fourth-order valence-electron chi connectivity index (χ4n) is 3.85. The van der Waals surface area contributed by atoms with Gasteiger partial charge >= 0.3 is 5.97 Å². The van der Waals surface area contributed by atoms with Crippen molar-refractivity contribution in [3.05, 3.63) is 137 Å². The molecule has 4 aromatic carbocycles. The van der Waals surface area contributed by atoms with E-state index >= 15 is 0 Å². The first kappa shape index (κ1) is 25.1. The van der Waals surface area contributed by atoms with Gasteiger partial charge in [-0.15, -0.1) is 11.6 Å². The monoisotopic (exact) mass is 472 g/mol. The van der Waals surface area contributed by atoms with E-state index in [-0.39, 0.29) is 23.1 Å². The van der Waals surface area contributed by atoms with Crippen molar-refractivity contribution in [1.82, 2.24) is 0 Å². The number of carboxylic acids is 1. The average molecular weight is 473 g/mol. The van der Waals surface area contributed by atoms with Crippen LogP contribution in [0.1, 0.15) is 63.9 Å². The van der Waals surface area contributed by atoms with Gasteiger partial charge in [0.25, 0.3) is 0 Å². The molecule has 0 saturated heterocycles. The Morgan fingerprint density at radius 1 is 0.735 bits per heavy atom. The van der Waals surface area contributed by atoms with Crippen molar-refractivity contribution in [1.29, 1.82) is 0 Å². The lowest BCUT2D eigenvalue weighted by atomic mass is 9.85. The second-order valence-corrected chi connectivity index (χ2v) is 8.46. The molecule has 0 fully saturated rings. The fourth-order valence-corrected chi connectivity index (χ4v) is 4.02. The Labute approximate surface area is 206 Å². The second-order valence-electron chi connectivity index (χ2n) is 8.20. The lowest BCUT2D eigenvalue weighted by Crippen LogP contribution is -2.07. The van der Waals surface area contributed by atoms with Crippen molar-refractivity contribution in [2.45, 2.75) is 31.6 Å². The number of halogens is 1. The zero-order valence-corrected chi connectivity index (χ0v) is 20.1. The largest absolute Gasteiger partial charge is 0.507 e.